The number of nitrogens with zero attached hydrogens (tertiary/aromatic N) is 2. The van der Waals surface area contributed by atoms with Crippen molar-refractivity contribution in [1.29, 1.82) is 0 Å². The molecule has 17 heavy (non-hydrogen) atoms. The number of ether oxygens (including phenoxy) is 1. The lowest BCUT2D eigenvalue weighted by atomic mass is 10.2. The maximum absolute atomic E-state index is 9.48. The van der Waals surface area contributed by atoms with Crippen LogP contribution in [0, 0.1) is 0 Å². The minimum absolute atomic E-state index is 0.0875. The highest BCUT2D eigenvalue weighted by Gasteiger charge is 2.11. The molecule has 0 saturated heterocycles. The van der Waals surface area contributed by atoms with Crippen molar-refractivity contribution in [3.63, 3.8) is 0 Å². The zero-order valence-electron chi connectivity index (χ0n) is 9.80. The number of benzene rings is 1. The summed E-state index contributed by atoms with van der Waals surface area (Å²) < 4.78 is 10.2. The first kappa shape index (κ1) is 11.4. The number of phenolic OH excluding ortho intramolecular Hbond substituents is 1. The minimum atomic E-state index is 0.0875. The van der Waals surface area contributed by atoms with Crippen LogP contribution in [0.4, 0.5) is 0 Å². The van der Waals surface area contributed by atoms with Gasteiger partial charge in [0, 0.05) is 12.0 Å². The van der Waals surface area contributed by atoms with Gasteiger partial charge in [-0.25, -0.2) is 0 Å². The first-order valence-corrected chi connectivity index (χ1v) is 5.44. The molecule has 0 atom stereocenters. The van der Waals surface area contributed by atoms with Crippen LogP contribution in [0.15, 0.2) is 22.7 Å². The number of methoxy groups -OCH3 is 1. The Balaban J connectivity index is 2.32. The van der Waals surface area contributed by atoms with Gasteiger partial charge in [0.2, 0.25) is 0 Å². The molecule has 90 valence electrons. The number of aromatic hydroxyl groups is 1. The Morgan fingerprint density at radius 3 is 2.94 bits per heavy atom. The fourth-order valence-corrected chi connectivity index (χ4v) is 1.51. The second-order valence-corrected chi connectivity index (χ2v) is 3.65. The van der Waals surface area contributed by atoms with E-state index in [4.69, 9.17) is 9.26 Å². The normalized spacial score (nSPS) is 10.5. The molecule has 0 radical (unpaired) electrons. The van der Waals surface area contributed by atoms with Crippen molar-refractivity contribution in [2.45, 2.75) is 19.8 Å². The van der Waals surface area contributed by atoms with Gasteiger partial charge in [-0.2, -0.15) is 4.98 Å². The molecular weight excluding hydrogens is 220 g/mol. The van der Waals surface area contributed by atoms with E-state index < -0.39 is 0 Å². The molecule has 1 aromatic heterocycles. The van der Waals surface area contributed by atoms with E-state index in [9.17, 15) is 5.11 Å². The molecule has 0 amide bonds. The van der Waals surface area contributed by atoms with Crippen LogP contribution < -0.4 is 4.74 Å². The molecule has 2 aromatic rings. The number of aromatic nitrogens is 2. The van der Waals surface area contributed by atoms with Gasteiger partial charge in [-0.1, -0.05) is 12.1 Å². The molecule has 0 bridgehead atoms. The van der Waals surface area contributed by atoms with Crippen molar-refractivity contribution < 1.29 is 14.4 Å². The second kappa shape index (κ2) is 4.86. The van der Waals surface area contributed by atoms with Crippen molar-refractivity contribution in [3.05, 3.63) is 24.0 Å². The van der Waals surface area contributed by atoms with E-state index in [1.807, 2.05) is 0 Å². The van der Waals surface area contributed by atoms with Gasteiger partial charge in [0.15, 0.2) is 17.3 Å². The smallest absolute Gasteiger partial charge is 0.258 e. The van der Waals surface area contributed by atoms with Crippen LogP contribution in [0.2, 0.25) is 0 Å². The van der Waals surface area contributed by atoms with Gasteiger partial charge in [-0.15, -0.1) is 0 Å². The molecule has 5 nitrogen and oxygen atoms in total. The van der Waals surface area contributed by atoms with Crippen LogP contribution in [0.5, 0.6) is 11.5 Å². The first-order valence-electron chi connectivity index (χ1n) is 5.44. The standard InChI is InChI=1S/C12H14N2O3/c1-3-4-11-13-12(17-14-11)8-5-6-9(15)10(7-8)16-2/h5-7,15H,3-4H2,1-2H3. The highest BCUT2D eigenvalue weighted by molar-refractivity contribution is 5.59. The van der Waals surface area contributed by atoms with Crippen molar-refractivity contribution >= 4 is 0 Å². The van der Waals surface area contributed by atoms with Gasteiger partial charge in [-0.05, 0) is 24.6 Å². The largest absolute Gasteiger partial charge is 0.504 e. The molecule has 1 aromatic carbocycles. The van der Waals surface area contributed by atoms with E-state index in [1.165, 1.54) is 13.2 Å². The fourth-order valence-electron chi connectivity index (χ4n) is 1.51. The second-order valence-electron chi connectivity index (χ2n) is 3.65. The number of aryl methyl sites for hydroxylation is 1. The highest BCUT2D eigenvalue weighted by Crippen LogP contribution is 2.30. The van der Waals surface area contributed by atoms with Crippen LogP contribution in [0.1, 0.15) is 19.2 Å². The van der Waals surface area contributed by atoms with Crippen LogP contribution in [0.25, 0.3) is 11.5 Å². The predicted octanol–water partition coefficient (Wildman–Crippen LogP) is 2.40. The zero-order chi connectivity index (χ0) is 12.3. The lowest BCUT2D eigenvalue weighted by molar-refractivity contribution is 0.373. The summed E-state index contributed by atoms with van der Waals surface area (Å²) >= 11 is 0. The van der Waals surface area contributed by atoms with Crippen molar-refractivity contribution in [1.82, 2.24) is 10.1 Å². The monoisotopic (exact) mass is 234 g/mol. The van der Waals surface area contributed by atoms with Crippen molar-refractivity contribution in [2.24, 2.45) is 0 Å². The van der Waals surface area contributed by atoms with Crippen LogP contribution in [-0.4, -0.2) is 22.4 Å². The molecule has 1 heterocycles. The SMILES string of the molecule is CCCc1noc(-c2ccc(O)c(OC)c2)n1. The van der Waals surface area contributed by atoms with Gasteiger partial charge in [-0.3, -0.25) is 0 Å². The molecule has 0 spiro atoms. The molecule has 0 aliphatic carbocycles. The summed E-state index contributed by atoms with van der Waals surface area (Å²) in [5.41, 5.74) is 0.731. The van der Waals surface area contributed by atoms with Crippen LogP contribution in [0.3, 0.4) is 0 Å². The first-order chi connectivity index (χ1) is 8.24. The molecule has 0 saturated carbocycles. The molecule has 5 heteroatoms. The molecule has 0 aliphatic rings. The maximum Gasteiger partial charge on any atom is 0.258 e. The predicted molar refractivity (Wildman–Crippen MR) is 61.9 cm³/mol. The molecular formula is C12H14N2O3. The fraction of sp³-hybridized carbons (Fsp3) is 0.333. The summed E-state index contributed by atoms with van der Waals surface area (Å²) in [6.07, 6.45) is 1.76. The Morgan fingerprint density at radius 2 is 2.24 bits per heavy atom. The summed E-state index contributed by atoms with van der Waals surface area (Å²) in [5.74, 6) is 1.60. The quantitative estimate of drug-likeness (QED) is 0.879. The average Bonchev–Trinajstić information content (AvgIpc) is 2.79. The summed E-state index contributed by atoms with van der Waals surface area (Å²) in [6.45, 7) is 2.06. The van der Waals surface area contributed by atoms with E-state index in [0.29, 0.717) is 17.5 Å². The van der Waals surface area contributed by atoms with E-state index in [2.05, 4.69) is 17.1 Å². The number of hydrogen-bond donors (Lipinski definition) is 1. The molecule has 1 N–H and O–H groups in total. The Labute approximate surface area is 99.0 Å². The lowest BCUT2D eigenvalue weighted by Crippen LogP contribution is -1.87. The van der Waals surface area contributed by atoms with E-state index >= 15 is 0 Å². The van der Waals surface area contributed by atoms with Crippen LogP contribution in [-0.2, 0) is 6.42 Å². The van der Waals surface area contributed by atoms with Gasteiger partial charge < -0.3 is 14.4 Å². The third kappa shape index (κ3) is 2.38. The van der Waals surface area contributed by atoms with E-state index in [0.717, 1.165) is 18.4 Å². The zero-order valence-corrected chi connectivity index (χ0v) is 9.80. The Morgan fingerprint density at radius 1 is 1.41 bits per heavy atom. The van der Waals surface area contributed by atoms with Gasteiger partial charge in [0.25, 0.3) is 5.89 Å². The number of phenols is 1. The van der Waals surface area contributed by atoms with Crippen molar-refractivity contribution in [2.75, 3.05) is 7.11 Å². The lowest BCUT2D eigenvalue weighted by Gasteiger charge is -2.03. The summed E-state index contributed by atoms with van der Waals surface area (Å²) in [7, 11) is 1.50. The highest BCUT2D eigenvalue weighted by atomic mass is 16.5. The van der Waals surface area contributed by atoms with Crippen LogP contribution >= 0.6 is 0 Å². The topological polar surface area (TPSA) is 68.4 Å². The number of rotatable bonds is 4. The van der Waals surface area contributed by atoms with E-state index in [1.54, 1.807) is 12.1 Å². The van der Waals surface area contributed by atoms with E-state index in [-0.39, 0.29) is 5.75 Å². The van der Waals surface area contributed by atoms with Gasteiger partial charge in [0.05, 0.1) is 7.11 Å². The number of hydrogen-bond acceptors (Lipinski definition) is 5. The van der Waals surface area contributed by atoms with Gasteiger partial charge in [0.1, 0.15) is 0 Å². The molecule has 0 aliphatic heterocycles. The maximum atomic E-state index is 9.48. The Bertz CT molecular complexity index is 508. The summed E-state index contributed by atoms with van der Waals surface area (Å²) in [6, 6.07) is 4.91. The third-order valence-corrected chi connectivity index (χ3v) is 2.37. The minimum Gasteiger partial charge on any atom is -0.504 e. The Kier molecular flexibility index (Phi) is 3.27. The molecule has 0 fully saturated rings. The van der Waals surface area contributed by atoms with Gasteiger partial charge >= 0.3 is 0 Å². The molecule has 2 rings (SSSR count). The molecule has 0 unspecified atom stereocenters. The summed E-state index contributed by atoms with van der Waals surface area (Å²) in [4.78, 5) is 4.26. The third-order valence-electron chi connectivity index (χ3n) is 2.37. The average molecular weight is 234 g/mol. The van der Waals surface area contributed by atoms with Crippen molar-refractivity contribution in [3.8, 4) is 23.0 Å². The summed E-state index contributed by atoms with van der Waals surface area (Å²) in [5, 5.41) is 13.4. The Hall–Kier alpha value is -2.04.